The molecule has 3 aliphatic rings. The van der Waals surface area contributed by atoms with Crippen molar-refractivity contribution in [2.75, 3.05) is 32.8 Å². The number of hydrogen-bond acceptors (Lipinski definition) is 4. The largest absolute Gasteiger partial charge is 0.492 e. The van der Waals surface area contributed by atoms with E-state index in [-0.39, 0.29) is 11.9 Å². The van der Waals surface area contributed by atoms with Crippen molar-refractivity contribution in [3.05, 3.63) is 65.2 Å². The Morgan fingerprint density at radius 2 is 1.73 bits per heavy atom. The van der Waals surface area contributed by atoms with Crippen LogP contribution >= 0.6 is 0 Å². The summed E-state index contributed by atoms with van der Waals surface area (Å²) < 4.78 is 5.83. The molecule has 0 saturated carbocycles. The van der Waals surface area contributed by atoms with Crippen LogP contribution in [-0.2, 0) is 24.2 Å². The second-order valence-electron chi connectivity index (χ2n) is 8.90. The van der Waals surface area contributed by atoms with Gasteiger partial charge in [-0.15, -0.1) is 0 Å². The Balaban J connectivity index is 1.14. The van der Waals surface area contributed by atoms with Crippen LogP contribution in [-0.4, -0.2) is 60.6 Å². The SMILES string of the molecule is O=C(CN1CCOc2ccccc2C1)NC1CCCN(C2Cc3ccccc3C2)C1. The molecule has 2 aromatic carbocycles. The second kappa shape index (κ2) is 8.78. The summed E-state index contributed by atoms with van der Waals surface area (Å²) in [5.74, 6) is 1.08. The van der Waals surface area contributed by atoms with E-state index in [9.17, 15) is 4.79 Å². The highest BCUT2D eigenvalue weighted by Crippen LogP contribution is 2.27. The summed E-state index contributed by atoms with van der Waals surface area (Å²) >= 11 is 0. The minimum absolute atomic E-state index is 0.135. The molecule has 2 aromatic rings. The van der Waals surface area contributed by atoms with Crippen LogP contribution in [0.2, 0.25) is 0 Å². The predicted molar refractivity (Wildman–Crippen MR) is 118 cm³/mol. The lowest BCUT2D eigenvalue weighted by atomic mass is 10.0. The van der Waals surface area contributed by atoms with Gasteiger partial charge in [-0.3, -0.25) is 14.6 Å². The molecule has 1 fully saturated rings. The first kappa shape index (κ1) is 19.6. The lowest BCUT2D eigenvalue weighted by Crippen LogP contribution is -2.52. The summed E-state index contributed by atoms with van der Waals surface area (Å²) in [6.07, 6.45) is 4.52. The summed E-state index contributed by atoms with van der Waals surface area (Å²) in [6.45, 7) is 4.72. The van der Waals surface area contributed by atoms with Crippen molar-refractivity contribution in [2.45, 2.75) is 44.3 Å². The van der Waals surface area contributed by atoms with Crippen molar-refractivity contribution < 1.29 is 9.53 Å². The molecular formula is C25H31N3O2. The summed E-state index contributed by atoms with van der Waals surface area (Å²) in [7, 11) is 0. The third kappa shape index (κ3) is 4.37. The Hall–Kier alpha value is -2.37. The van der Waals surface area contributed by atoms with Gasteiger partial charge in [0.1, 0.15) is 12.4 Å². The van der Waals surface area contributed by atoms with Gasteiger partial charge in [0.05, 0.1) is 6.54 Å². The lowest BCUT2D eigenvalue weighted by Gasteiger charge is -2.37. The van der Waals surface area contributed by atoms with Gasteiger partial charge in [-0.25, -0.2) is 0 Å². The molecule has 1 amide bonds. The van der Waals surface area contributed by atoms with Crippen LogP contribution in [0, 0.1) is 0 Å². The van der Waals surface area contributed by atoms with Gasteiger partial charge in [0.25, 0.3) is 0 Å². The number of amides is 1. The number of benzene rings is 2. The molecule has 0 bridgehead atoms. The molecule has 5 rings (SSSR count). The van der Waals surface area contributed by atoms with Crippen molar-refractivity contribution in [2.24, 2.45) is 0 Å². The third-order valence-electron chi connectivity index (χ3n) is 6.76. The summed E-state index contributed by atoms with van der Waals surface area (Å²) in [4.78, 5) is 17.6. The van der Waals surface area contributed by atoms with Gasteiger partial charge >= 0.3 is 0 Å². The minimum atomic E-state index is 0.135. The van der Waals surface area contributed by atoms with Gasteiger partial charge in [0.15, 0.2) is 0 Å². The number of rotatable bonds is 4. The van der Waals surface area contributed by atoms with Gasteiger partial charge in [-0.1, -0.05) is 42.5 Å². The summed E-state index contributed by atoms with van der Waals surface area (Å²) in [5, 5.41) is 3.32. The number of para-hydroxylation sites is 1. The maximum absolute atomic E-state index is 12.8. The van der Waals surface area contributed by atoms with Gasteiger partial charge < -0.3 is 10.1 Å². The zero-order chi connectivity index (χ0) is 20.3. The Kier molecular flexibility index (Phi) is 5.73. The normalized spacial score (nSPS) is 22.6. The standard InChI is InChI=1S/C25H31N3O2/c29-25(18-27-12-13-30-24-10-4-3-8-21(24)16-27)26-22-9-5-11-28(17-22)23-14-19-6-1-2-7-20(19)15-23/h1-4,6-8,10,22-23H,5,9,11-18H2,(H,26,29). The maximum Gasteiger partial charge on any atom is 0.234 e. The van der Waals surface area contributed by atoms with Gasteiger partial charge in [-0.2, -0.15) is 0 Å². The average Bonchev–Trinajstić information content (AvgIpc) is 3.09. The highest BCUT2D eigenvalue weighted by atomic mass is 16.5. The zero-order valence-electron chi connectivity index (χ0n) is 17.6. The van der Waals surface area contributed by atoms with Crippen LogP contribution in [0.15, 0.2) is 48.5 Å². The van der Waals surface area contributed by atoms with E-state index in [1.807, 2.05) is 18.2 Å². The van der Waals surface area contributed by atoms with Crippen molar-refractivity contribution in [3.63, 3.8) is 0 Å². The van der Waals surface area contributed by atoms with E-state index < -0.39 is 0 Å². The van der Waals surface area contributed by atoms with Crippen LogP contribution in [0.25, 0.3) is 0 Å². The summed E-state index contributed by atoms with van der Waals surface area (Å²) in [5.41, 5.74) is 4.15. The molecule has 2 heterocycles. The van der Waals surface area contributed by atoms with E-state index in [0.717, 1.165) is 63.2 Å². The number of fused-ring (bicyclic) bond motifs is 2. The second-order valence-corrected chi connectivity index (χ2v) is 8.90. The van der Waals surface area contributed by atoms with Crippen LogP contribution < -0.4 is 10.1 Å². The van der Waals surface area contributed by atoms with E-state index in [0.29, 0.717) is 19.2 Å². The Morgan fingerprint density at radius 3 is 2.53 bits per heavy atom. The van der Waals surface area contributed by atoms with Crippen molar-refractivity contribution >= 4 is 5.91 Å². The number of ether oxygens (including phenoxy) is 1. The van der Waals surface area contributed by atoms with Crippen LogP contribution in [0.1, 0.15) is 29.5 Å². The third-order valence-corrected chi connectivity index (χ3v) is 6.76. The predicted octanol–water partition coefficient (Wildman–Crippen LogP) is 2.63. The summed E-state index contributed by atoms with van der Waals surface area (Å²) in [6, 6.07) is 17.8. The Labute approximate surface area is 179 Å². The topological polar surface area (TPSA) is 44.8 Å². The number of carbonyl (C=O) groups is 1. The molecule has 1 aliphatic carbocycles. The molecule has 1 unspecified atom stereocenters. The molecule has 0 radical (unpaired) electrons. The zero-order valence-corrected chi connectivity index (χ0v) is 17.6. The van der Waals surface area contributed by atoms with E-state index in [4.69, 9.17) is 4.74 Å². The van der Waals surface area contributed by atoms with Crippen LogP contribution in [0.4, 0.5) is 0 Å². The molecule has 5 heteroatoms. The quantitative estimate of drug-likeness (QED) is 0.849. The Morgan fingerprint density at radius 1 is 1.00 bits per heavy atom. The van der Waals surface area contributed by atoms with E-state index in [1.54, 1.807) is 0 Å². The Bertz CT molecular complexity index is 874. The molecule has 158 valence electrons. The lowest BCUT2D eigenvalue weighted by molar-refractivity contribution is -0.123. The van der Waals surface area contributed by atoms with E-state index in [2.05, 4.69) is 45.4 Å². The number of carbonyl (C=O) groups excluding carboxylic acids is 1. The number of likely N-dealkylation sites (tertiary alicyclic amines) is 1. The smallest absolute Gasteiger partial charge is 0.234 e. The van der Waals surface area contributed by atoms with Gasteiger partial charge in [-0.05, 0) is 49.4 Å². The fraction of sp³-hybridized carbons (Fsp3) is 0.480. The molecule has 1 saturated heterocycles. The minimum Gasteiger partial charge on any atom is -0.492 e. The molecule has 2 aliphatic heterocycles. The highest BCUT2D eigenvalue weighted by molar-refractivity contribution is 5.78. The molecule has 1 atom stereocenters. The molecule has 5 nitrogen and oxygen atoms in total. The molecular weight excluding hydrogens is 374 g/mol. The fourth-order valence-electron chi connectivity index (χ4n) is 5.24. The van der Waals surface area contributed by atoms with Crippen molar-refractivity contribution in [3.8, 4) is 5.75 Å². The van der Waals surface area contributed by atoms with E-state index >= 15 is 0 Å². The van der Waals surface area contributed by atoms with Gasteiger partial charge in [0.2, 0.25) is 5.91 Å². The first-order chi connectivity index (χ1) is 14.7. The van der Waals surface area contributed by atoms with E-state index in [1.165, 1.54) is 11.1 Å². The van der Waals surface area contributed by atoms with Gasteiger partial charge in [0, 0.05) is 37.3 Å². The van der Waals surface area contributed by atoms with Crippen molar-refractivity contribution in [1.29, 1.82) is 0 Å². The maximum atomic E-state index is 12.8. The number of piperidine rings is 1. The number of nitrogens with one attached hydrogen (secondary N) is 1. The first-order valence-corrected chi connectivity index (χ1v) is 11.3. The molecule has 0 spiro atoms. The highest BCUT2D eigenvalue weighted by Gasteiger charge is 2.31. The van der Waals surface area contributed by atoms with Crippen LogP contribution in [0.5, 0.6) is 5.75 Å². The molecule has 0 aromatic heterocycles. The fourth-order valence-corrected chi connectivity index (χ4v) is 5.24. The first-order valence-electron chi connectivity index (χ1n) is 11.3. The molecule has 1 N–H and O–H groups in total. The monoisotopic (exact) mass is 405 g/mol. The number of hydrogen-bond donors (Lipinski definition) is 1. The average molecular weight is 406 g/mol. The number of nitrogens with zero attached hydrogens (tertiary/aromatic N) is 2. The van der Waals surface area contributed by atoms with Crippen LogP contribution in [0.3, 0.4) is 0 Å². The van der Waals surface area contributed by atoms with Crippen molar-refractivity contribution in [1.82, 2.24) is 15.1 Å². The molecule has 30 heavy (non-hydrogen) atoms.